The average Bonchev–Trinajstić information content (AvgIpc) is 3.01. The molecule has 4 aromatic rings. The number of aromatic nitrogens is 4. The lowest BCUT2D eigenvalue weighted by Crippen LogP contribution is -1.92. The summed E-state index contributed by atoms with van der Waals surface area (Å²) in [6.07, 6.45) is 9.37. The van der Waals surface area contributed by atoms with Crippen LogP contribution in [0.1, 0.15) is 5.69 Å². The van der Waals surface area contributed by atoms with Crippen molar-refractivity contribution in [1.82, 2.24) is 19.5 Å². The van der Waals surface area contributed by atoms with E-state index in [4.69, 9.17) is 0 Å². The molecule has 22 heavy (non-hydrogen) atoms. The van der Waals surface area contributed by atoms with E-state index in [0.717, 1.165) is 33.4 Å². The summed E-state index contributed by atoms with van der Waals surface area (Å²) >= 11 is 0. The Kier molecular flexibility index (Phi) is 2.93. The van der Waals surface area contributed by atoms with E-state index in [1.54, 1.807) is 6.33 Å². The van der Waals surface area contributed by atoms with Gasteiger partial charge in [0.05, 0.1) is 29.4 Å². The molecule has 0 spiro atoms. The molecular weight excluding hydrogens is 272 g/mol. The first kappa shape index (κ1) is 12.7. The Hall–Kier alpha value is -3.01. The van der Waals surface area contributed by atoms with Crippen molar-refractivity contribution in [1.29, 1.82) is 0 Å². The fraction of sp³-hybridized carbons (Fsp3) is 0.0556. The minimum absolute atomic E-state index is 0.984. The summed E-state index contributed by atoms with van der Waals surface area (Å²) < 4.78 is 1.97. The topological polar surface area (TPSA) is 43.6 Å². The number of hydrogen-bond donors (Lipinski definition) is 0. The molecule has 0 saturated heterocycles. The van der Waals surface area contributed by atoms with Crippen molar-refractivity contribution in [2.45, 2.75) is 6.92 Å². The highest BCUT2D eigenvalue weighted by Gasteiger charge is 2.04. The lowest BCUT2D eigenvalue weighted by atomic mass is 10.1. The molecule has 3 aromatic heterocycles. The highest BCUT2D eigenvalue weighted by atomic mass is 15.0. The Labute approximate surface area is 128 Å². The van der Waals surface area contributed by atoms with Crippen LogP contribution < -0.4 is 0 Å². The van der Waals surface area contributed by atoms with E-state index in [1.165, 1.54) is 0 Å². The zero-order valence-electron chi connectivity index (χ0n) is 12.1. The number of nitrogens with zero attached hydrogens (tertiary/aromatic N) is 4. The molecule has 4 rings (SSSR count). The monoisotopic (exact) mass is 286 g/mol. The summed E-state index contributed by atoms with van der Waals surface area (Å²) in [5.41, 5.74) is 5.08. The van der Waals surface area contributed by atoms with Crippen LogP contribution >= 0.6 is 0 Å². The van der Waals surface area contributed by atoms with Crippen LogP contribution in [0.25, 0.3) is 27.7 Å². The van der Waals surface area contributed by atoms with E-state index in [2.05, 4.69) is 33.2 Å². The molecule has 0 amide bonds. The number of pyridine rings is 2. The molecule has 0 saturated carbocycles. The summed E-state index contributed by atoms with van der Waals surface area (Å²) in [6, 6.07) is 12.3. The Morgan fingerprint density at radius 3 is 2.64 bits per heavy atom. The Balaban J connectivity index is 1.81. The molecule has 4 nitrogen and oxygen atoms in total. The van der Waals surface area contributed by atoms with Gasteiger partial charge in [0.1, 0.15) is 0 Å². The lowest BCUT2D eigenvalue weighted by molar-refractivity contribution is 1.04. The van der Waals surface area contributed by atoms with Crippen LogP contribution in [0.5, 0.6) is 0 Å². The van der Waals surface area contributed by atoms with Gasteiger partial charge >= 0.3 is 0 Å². The molecular formula is C18H14N4. The average molecular weight is 286 g/mol. The van der Waals surface area contributed by atoms with Crippen LogP contribution in [0.4, 0.5) is 0 Å². The van der Waals surface area contributed by atoms with Gasteiger partial charge in [-0.05, 0) is 25.1 Å². The second-order valence-electron chi connectivity index (χ2n) is 5.27. The van der Waals surface area contributed by atoms with E-state index in [0.29, 0.717) is 0 Å². The van der Waals surface area contributed by atoms with Crippen molar-refractivity contribution in [2.75, 3.05) is 0 Å². The normalized spacial score (nSPS) is 11.0. The van der Waals surface area contributed by atoms with Gasteiger partial charge in [0.25, 0.3) is 0 Å². The van der Waals surface area contributed by atoms with Gasteiger partial charge in [-0.2, -0.15) is 0 Å². The van der Waals surface area contributed by atoms with Crippen molar-refractivity contribution in [3.05, 3.63) is 73.2 Å². The Morgan fingerprint density at radius 2 is 1.77 bits per heavy atom. The zero-order chi connectivity index (χ0) is 14.9. The van der Waals surface area contributed by atoms with Crippen molar-refractivity contribution in [3.63, 3.8) is 0 Å². The van der Waals surface area contributed by atoms with Crippen molar-refractivity contribution in [3.8, 4) is 16.8 Å². The molecule has 4 heteroatoms. The number of aryl methyl sites for hydroxylation is 1. The van der Waals surface area contributed by atoms with Crippen LogP contribution in [-0.4, -0.2) is 19.5 Å². The van der Waals surface area contributed by atoms with Gasteiger partial charge < -0.3 is 4.57 Å². The highest BCUT2D eigenvalue weighted by molar-refractivity contribution is 5.83. The molecule has 0 aliphatic carbocycles. The standard InChI is InChI=1S/C18H14N4/c1-13-11-22(12-21-13)17-7-16(8-19-10-17)15-6-14-4-2-3-5-18(14)20-9-15/h2-12H,1H3. The number of hydrogen-bond acceptors (Lipinski definition) is 3. The van der Waals surface area contributed by atoms with Gasteiger partial charge in [-0.3, -0.25) is 9.97 Å². The number of imidazole rings is 1. The smallest absolute Gasteiger partial charge is 0.0995 e. The molecule has 0 unspecified atom stereocenters. The second-order valence-corrected chi connectivity index (χ2v) is 5.27. The molecule has 3 heterocycles. The molecule has 0 bridgehead atoms. The maximum absolute atomic E-state index is 4.52. The van der Waals surface area contributed by atoms with Crippen LogP contribution in [-0.2, 0) is 0 Å². The summed E-state index contributed by atoms with van der Waals surface area (Å²) in [4.78, 5) is 13.1. The highest BCUT2D eigenvalue weighted by Crippen LogP contribution is 2.23. The minimum atomic E-state index is 0.984. The fourth-order valence-corrected chi connectivity index (χ4v) is 2.52. The SMILES string of the molecule is Cc1cn(-c2cncc(-c3cnc4ccccc4c3)c2)cn1. The summed E-state index contributed by atoms with van der Waals surface area (Å²) in [7, 11) is 0. The molecule has 0 aliphatic heterocycles. The van der Waals surface area contributed by atoms with Crippen LogP contribution in [0.3, 0.4) is 0 Å². The number of benzene rings is 1. The predicted molar refractivity (Wildman–Crippen MR) is 86.8 cm³/mol. The second kappa shape index (κ2) is 5.07. The van der Waals surface area contributed by atoms with E-state index in [9.17, 15) is 0 Å². The molecule has 0 atom stereocenters. The fourth-order valence-electron chi connectivity index (χ4n) is 2.52. The molecule has 0 aliphatic rings. The summed E-state index contributed by atoms with van der Waals surface area (Å²) in [6.45, 7) is 1.97. The van der Waals surface area contributed by atoms with Gasteiger partial charge in [-0.25, -0.2) is 4.98 Å². The minimum Gasteiger partial charge on any atom is -0.304 e. The molecule has 0 radical (unpaired) electrons. The largest absolute Gasteiger partial charge is 0.304 e. The van der Waals surface area contributed by atoms with Gasteiger partial charge in [0.2, 0.25) is 0 Å². The third-order valence-corrected chi connectivity index (χ3v) is 3.66. The molecule has 106 valence electrons. The van der Waals surface area contributed by atoms with Gasteiger partial charge in [-0.1, -0.05) is 18.2 Å². The van der Waals surface area contributed by atoms with Gasteiger partial charge in [0.15, 0.2) is 0 Å². The molecule has 1 aromatic carbocycles. The summed E-state index contributed by atoms with van der Waals surface area (Å²) in [5, 5.41) is 1.13. The van der Waals surface area contributed by atoms with Gasteiger partial charge in [0, 0.05) is 35.1 Å². The Morgan fingerprint density at radius 1 is 0.909 bits per heavy atom. The van der Waals surface area contributed by atoms with Crippen molar-refractivity contribution in [2.24, 2.45) is 0 Å². The molecule has 0 N–H and O–H groups in total. The van der Waals surface area contributed by atoms with E-state index in [-0.39, 0.29) is 0 Å². The van der Waals surface area contributed by atoms with Gasteiger partial charge in [-0.15, -0.1) is 0 Å². The van der Waals surface area contributed by atoms with E-state index >= 15 is 0 Å². The van der Waals surface area contributed by atoms with Crippen LogP contribution in [0, 0.1) is 6.92 Å². The number of fused-ring (bicyclic) bond motifs is 1. The van der Waals surface area contributed by atoms with Crippen LogP contribution in [0.2, 0.25) is 0 Å². The lowest BCUT2D eigenvalue weighted by Gasteiger charge is -2.06. The Bertz CT molecular complexity index is 956. The first-order valence-electron chi connectivity index (χ1n) is 7.11. The third kappa shape index (κ3) is 2.24. The first-order chi connectivity index (χ1) is 10.8. The summed E-state index contributed by atoms with van der Waals surface area (Å²) in [5.74, 6) is 0. The number of para-hydroxylation sites is 1. The maximum atomic E-state index is 4.52. The van der Waals surface area contributed by atoms with Crippen LogP contribution in [0.15, 0.2) is 67.5 Å². The maximum Gasteiger partial charge on any atom is 0.0995 e. The quantitative estimate of drug-likeness (QED) is 0.563. The molecule has 0 fully saturated rings. The van der Waals surface area contributed by atoms with Crippen molar-refractivity contribution >= 4 is 10.9 Å². The zero-order valence-corrected chi connectivity index (χ0v) is 12.1. The predicted octanol–water partition coefficient (Wildman–Crippen LogP) is 3.79. The van der Waals surface area contributed by atoms with E-state index in [1.807, 2.05) is 54.5 Å². The third-order valence-electron chi connectivity index (χ3n) is 3.66. The van der Waals surface area contributed by atoms with E-state index < -0.39 is 0 Å². The first-order valence-corrected chi connectivity index (χ1v) is 7.11. The van der Waals surface area contributed by atoms with Crippen molar-refractivity contribution < 1.29 is 0 Å². The number of rotatable bonds is 2.